The van der Waals surface area contributed by atoms with Gasteiger partial charge in [0.15, 0.2) is 5.96 Å². The largest absolute Gasteiger partial charge is 0.366 e. The smallest absolute Gasteiger partial charge is 0.248 e. The van der Waals surface area contributed by atoms with Gasteiger partial charge in [0, 0.05) is 34.3 Å². The number of nitrogens with one attached hydrogen (secondary N) is 2. The van der Waals surface area contributed by atoms with E-state index >= 15 is 0 Å². The number of primary amides is 1. The summed E-state index contributed by atoms with van der Waals surface area (Å²) in [6.45, 7) is 7.67. The van der Waals surface area contributed by atoms with Gasteiger partial charge in [-0.15, -0.1) is 35.3 Å². The average Bonchev–Trinajstić information content (AvgIpc) is 2.98. The summed E-state index contributed by atoms with van der Waals surface area (Å²) in [6.07, 6.45) is 0.968. The maximum absolute atomic E-state index is 11.1. The lowest BCUT2D eigenvalue weighted by Crippen LogP contribution is -2.43. The van der Waals surface area contributed by atoms with E-state index in [4.69, 9.17) is 5.73 Å². The summed E-state index contributed by atoms with van der Waals surface area (Å²) in [6, 6.07) is 11.8. The van der Waals surface area contributed by atoms with Crippen LogP contribution in [0.5, 0.6) is 0 Å². The van der Waals surface area contributed by atoms with Gasteiger partial charge < -0.3 is 16.4 Å². The van der Waals surface area contributed by atoms with E-state index < -0.39 is 5.91 Å². The second-order valence-electron chi connectivity index (χ2n) is 6.02. The van der Waals surface area contributed by atoms with E-state index in [9.17, 15) is 4.79 Å². The Kier molecular flexibility index (Phi) is 9.64. The molecule has 0 aliphatic carbocycles. The second-order valence-corrected chi connectivity index (χ2v) is 7.39. The van der Waals surface area contributed by atoms with Crippen molar-refractivity contribution in [1.82, 2.24) is 10.6 Å². The lowest BCUT2D eigenvalue weighted by molar-refractivity contribution is 0.100. The van der Waals surface area contributed by atoms with E-state index in [1.54, 1.807) is 12.1 Å². The van der Waals surface area contributed by atoms with E-state index in [0.717, 1.165) is 24.5 Å². The number of rotatable bonds is 7. The molecule has 0 fully saturated rings. The van der Waals surface area contributed by atoms with E-state index in [0.29, 0.717) is 12.1 Å². The molecule has 0 aliphatic heterocycles. The summed E-state index contributed by atoms with van der Waals surface area (Å²) in [5.74, 6) is 0.380. The summed E-state index contributed by atoms with van der Waals surface area (Å²) < 4.78 is 0. The molecule has 0 radical (unpaired) electrons. The zero-order chi connectivity index (χ0) is 18.2. The fourth-order valence-corrected chi connectivity index (χ4v) is 3.46. The molecular weight excluding hydrogens is 459 g/mol. The molecule has 142 valence electrons. The molecule has 4 N–H and O–H groups in total. The third-order valence-electron chi connectivity index (χ3n) is 3.69. The molecule has 1 amide bonds. The van der Waals surface area contributed by atoms with E-state index in [1.807, 2.05) is 30.4 Å². The first-order valence-electron chi connectivity index (χ1n) is 8.46. The van der Waals surface area contributed by atoms with Crippen LogP contribution in [0.1, 0.15) is 39.5 Å². The maximum atomic E-state index is 11.1. The first kappa shape index (κ1) is 22.4. The van der Waals surface area contributed by atoms with Crippen LogP contribution in [0, 0.1) is 6.92 Å². The standard InChI is InChI=1S/C19H26N4OS.HI/c1-4-21-19(23-13(2)11-17-10-5-14(3)25-17)22-12-15-6-8-16(9-7-15)18(20)24;/h5-10,13H,4,11-12H2,1-3H3,(H2,20,24)(H2,21,22,23);1H. The van der Waals surface area contributed by atoms with Crippen molar-refractivity contribution in [1.29, 1.82) is 0 Å². The molecule has 1 atom stereocenters. The van der Waals surface area contributed by atoms with Crippen LogP contribution in [0.15, 0.2) is 41.4 Å². The quantitative estimate of drug-likeness (QED) is 0.319. The number of carbonyl (C=O) groups is 1. The molecule has 7 heteroatoms. The van der Waals surface area contributed by atoms with Crippen molar-refractivity contribution in [3.63, 3.8) is 0 Å². The number of nitrogens with two attached hydrogens (primary N) is 1. The van der Waals surface area contributed by atoms with Crippen molar-refractivity contribution in [2.75, 3.05) is 6.54 Å². The van der Waals surface area contributed by atoms with Crippen LogP contribution in [0.2, 0.25) is 0 Å². The molecule has 0 bridgehead atoms. The van der Waals surface area contributed by atoms with Gasteiger partial charge >= 0.3 is 0 Å². The van der Waals surface area contributed by atoms with Gasteiger partial charge in [0.2, 0.25) is 5.91 Å². The number of carbonyl (C=O) groups excluding carboxylic acids is 1. The minimum absolute atomic E-state index is 0. The topological polar surface area (TPSA) is 79.5 Å². The first-order chi connectivity index (χ1) is 12.0. The van der Waals surface area contributed by atoms with Gasteiger partial charge in [-0.3, -0.25) is 4.79 Å². The van der Waals surface area contributed by atoms with Crippen molar-refractivity contribution in [3.05, 3.63) is 57.3 Å². The zero-order valence-electron chi connectivity index (χ0n) is 15.4. The number of thiophene rings is 1. The number of aryl methyl sites for hydroxylation is 1. The van der Waals surface area contributed by atoms with Crippen LogP contribution >= 0.6 is 35.3 Å². The second kappa shape index (κ2) is 11.2. The minimum atomic E-state index is -0.414. The molecule has 5 nitrogen and oxygen atoms in total. The van der Waals surface area contributed by atoms with Crippen molar-refractivity contribution in [2.45, 2.75) is 39.8 Å². The molecule has 1 aromatic carbocycles. The number of hydrogen-bond donors (Lipinski definition) is 3. The molecule has 1 heterocycles. The Hall–Kier alpha value is -1.61. The van der Waals surface area contributed by atoms with Crippen LogP contribution < -0.4 is 16.4 Å². The number of guanidine groups is 1. The number of halogens is 1. The molecule has 0 saturated heterocycles. The Labute approximate surface area is 176 Å². The number of hydrogen-bond acceptors (Lipinski definition) is 3. The number of amides is 1. The van der Waals surface area contributed by atoms with E-state index in [2.05, 4.69) is 41.6 Å². The van der Waals surface area contributed by atoms with E-state index in [-0.39, 0.29) is 30.0 Å². The summed E-state index contributed by atoms with van der Waals surface area (Å²) in [5.41, 5.74) is 6.80. The molecule has 2 rings (SSSR count). The van der Waals surface area contributed by atoms with Gasteiger partial charge in [0.05, 0.1) is 6.54 Å². The summed E-state index contributed by atoms with van der Waals surface area (Å²) in [7, 11) is 0. The number of nitrogens with zero attached hydrogens (tertiary/aromatic N) is 1. The molecule has 1 aromatic heterocycles. The summed E-state index contributed by atoms with van der Waals surface area (Å²) in [5, 5.41) is 6.72. The average molecular weight is 486 g/mol. The highest BCUT2D eigenvalue weighted by atomic mass is 127. The van der Waals surface area contributed by atoms with Crippen molar-refractivity contribution in [3.8, 4) is 0 Å². The third kappa shape index (κ3) is 7.33. The van der Waals surface area contributed by atoms with Gasteiger partial charge in [0.25, 0.3) is 0 Å². The van der Waals surface area contributed by atoms with E-state index in [1.165, 1.54) is 9.75 Å². The fraction of sp³-hybridized carbons (Fsp3) is 0.368. The molecule has 2 aromatic rings. The lowest BCUT2D eigenvalue weighted by Gasteiger charge is -2.17. The number of aliphatic imine (C=N–C) groups is 1. The lowest BCUT2D eigenvalue weighted by atomic mass is 10.1. The van der Waals surface area contributed by atoms with Gasteiger partial charge in [-0.05, 0) is 50.6 Å². The van der Waals surface area contributed by atoms with Crippen molar-refractivity contribution >= 4 is 47.2 Å². The molecule has 0 aliphatic rings. The van der Waals surface area contributed by atoms with Gasteiger partial charge in [0.1, 0.15) is 0 Å². The highest BCUT2D eigenvalue weighted by Crippen LogP contribution is 2.16. The molecule has 1 unspecified atom stereocenters. The van der Waals surface area contributed by atoms with Gasteiger partial charge in [-0.1, -0.05) is 12.1 Å². The Morgan fingerprint density at radius 3 is 2.46 bits per heavy atom. The number of benzene rings is 1. The SMILES string of the molecule is CCNC(=NCc1ccc(C(N)=O)cc1)NC(C)Cc1ccc(C)s1.I. The molecule has 26 heavy (non-hydrogen) atoms. The Morgan fingerprint density at radius 1 is 1.23 bits per heavy atom. The summed E-state index contributed by atoms with van der Waals surface area (Å²) >= 11 is 1.83. The monoisotopic (exact) mass is 486 g/mol. The van der Waals surface area contributed by atoms with Crippen LogP contribution in [0.4, 0.5) is 0 Å². The van der Waals surface area contributed by atoms with Crippen LogP contribution in [-0.4, -0.2) is 24.5 Å². The van der Waals surface area contributed by atoms with Crippen molar-refractivity contribution < 1.29 is 4.79 Å². The fourth-order valence-electron chi connectivity index (χ4n) is 2.45. The van der Waals surface area contributed by atoms with Gasteiger partial charge in [-0.25, -0.2) is 4.99 Å². The molecular formula is C19H27IN4OS. The normalized spacial score (nSPS) is 12.2. The predicted molar refractivity (Wildman–Crippen MR) is 121 cm³/mol. The van der Waals surface area contributed by atoms with Crippen LogP contribution in [0.25, 0.3) is 0 Å². The third-order valence-corrected chi connectivity index (χ3v) is 4.71. The Bertz CT molecular complexity index is 727. The van der Waals surface area contributed by atoms with Crippen molar-refractivity contribution in [2.24, 2.45) is 10.7 Å². The molecule has 0 spiro atoms. The molecule has 0 saturated carbocycles. The highest BCUT2D eigenvalue weighted by Gasteiger charge is 2.08. The minimum Gasteiger partial charge on any atom is -0.366 e. The Balaban J connectivity index is 0.00000338. The van der Waals surface area contributed by atoms with Crippen LogP contribution in [-0.2, 0) is 13.0 Å². The zero-order valence-corrected chi connectivity index (χ0v) is 18.6. The predicted octanol–water partition coefficient (Wildman–Crippen LogP) is 3.46. The maximum Gasteiger partial charge on any atom is 0.248 e. The van der Waals surface area contributed by atoms with Gasteiger partial charge in [-0.2, -0.15) is 0 Å². The Morgan fingerprint density at radius 2 is 1.92 bits per heavy atom. The highest BCUT2D eigenvalue weighted by molar-refractivity contribution is 14.0. The first-order valence-corrected chi connectivity index (χ1v) is 9.28. The van der Waals surface area contributed by atoms with Crippen LogP contribution in [0.3, 0.4) is 0 Å². The summed E-state index contributed by atoms with van der Waals surface area (Å²) in [4.78, 5) is 18.4.